The summed E-state index contributed by atoms with van der Waals surface area (Å²) in [7, 11) is 0. The van der Waals surface area contributed by atoms with E-state index in [9.17, 15) is 4.39 Å². The van der Waals surface area contributed by atoms with Crippen molar-refractivity contribution in [1.29, 1.82) is 0 Å². The maximum Gasteiger partial charge on any atom is 0.115 e. The first-order chi connectivity index (χ1) is 6.36. The van der Waals surface area contributed by atoms with Gasteiger partial charge in [-0.15, -0.1) is 0 Å². The second-order valence-electron chi connectivity index (χ2n) is 3.41. The van der Waals surface area contributed by atoms with E-state index in [1.165, 1.54) is 24.8 Å². The van der Waals surface area contributed by atoms with Crippen LogP contribution < -0.4 is 0 Å². The molecule has 0 bridgehead atoms. The van der Waals surface area contributed by atoms with Gasteiger partial charge in [0.1, 0.15) is 6.67 Å². The number of benzene rings is 1. The third-order valence-corrected chi connectivity index (χ3v) is 2.25. The van der Waals surface area contributed by atoms with E-state index in [2.05, 4.69) is 6.92 Å². The van der Waals surface area contributed by atoms with Gasteiger partial charge in [-0.05, 0) is 24.0 Å². The summed E-state index contributed by atoms with van der Waals surface area (Å²) in [5.74, 6) is 0. The predicted molar refractivity (Wildman–Crippen MR) is 54.5 cm³/mol. The summed E-state index contributed by atoms with van der Waals surface area (Å²) in [5, 5.41) is 0. The van der Waals surface area contributed by atoms with E-state index in [1.807, 2.05) is 24.3 Å². The smallest absolute Gasteiger partial charge is 0.115 e. The van der Waals surface area contributed by atoms with Crippen LogP contribution in [0.4, 0.5) is 4.39 Å². The lowest BCUT2D eigenvalue weighted by molar-refractivity contribution is 0.485. The summed E-state index contributed by atoms with van der Waals surface area (Å²) in [6.07, 6.45) is 4.90. The zero-order chi connectivity index (χ0) is 9.52. The van der Waals surface area contributed by atoms with Gasteiger partial charge in [-0.1, -0.05) is 44.0 Å². The van der Waals surface area contributed by atoms with Crippen molar-refractivity contribution in [3.05, 3.63) is 35.4 Å². The highest BCUT2D eigenvalue weighted by molar-refractivity contribution is 5.21. The molecule has 0 amide bonds. The Hall–Kier alpha value is -0.850. The number of rotatable bonds is 5. The van der Waals surface area contributed by atoms with Gasteiger partial charge in [0.2, 0.25) is 0 Å². The summed E-state index contributed by atoms with van der Waals surface area (Å²) in [6, 6.07) is 7.82. The molecule has 1 heteroatoms. The lowest BCUT2D eigenvalue weighted by Gasteiger charge is -2.01. The van der Waals surface area contributed by atoms with Gasteiger partial charge in [0.25, 0.3) is 0 Å². The van der Waals surface area contributed by atoms with Gasteiger partial charge in [0, 0.05) is 0 Å². The van der Waals surface area contributed by atoms with Gasteiger partial charge < -0.3 is 0 Å². The fourth-order valence-corrected chi connectivity index (χ4v) is 1.37. The quantitative estimate of drug-likeness (QED) is 0.603. The van der Waals surface area contributed by atoms with Gasteiger partial charge in [0.15, 0.2) is 0 Å². The maximum atomic E-state index is 12.2. The third kappa shape index (κ3) is 3.58. The van der Waals surface area contributed by atoms with Crippen LogP contribution in [-0.2, 0) is 13.1 Å². The summed E-state index contributed by atoms with van der Waals surface area (Å²) in [5.41, 5.74) is 2.10. The van der Waals surface area contributed by atoms with Crippen LogP contribution in [0.5, 0.6) is 0 Å². The molecule has 0 fully saturated rings. The van der Waals surface area contributed by atoms with Gasteiger partial charge in [0.05, 0.1) is 0 Å². The van der Waals surface area contributed by atoms with Crippen LogP contribution in [0.25, 0.3) is 0 Å². The highest BCUT2D eigenvalue weighted by atomic mass is 19.1. The molecule has 72 valence electrons. The van der Waals surface area contributed by atoms with Gasteiger partial charge in [-0.25, -0.2) is 4.39 Å². The van der Waals surface area contributed by atoms with Crippen LogP contribution >= 0.6 is 0 Å². The Morgan fingerprint density at radius 1 is 1.00 bits per heavy atom. The Morgan fingerprint density at radius 2 is 1.62 bits per heavy atom. The lowest BCUT2D eigenvalue weighted by atomic mass is 10.1. The van der Waals surface area contributed by atoms with Crippen molar-refractivity contribution in [2.45, 2.75) is 39.3 Å². The number of aryl methyl sites for hydroxylation is 1. The first-order valence-electron chi connectivity index (χ1n) is 5.00. The molecule has 0 aromatic heterocycles. The molecule has 0 heterocycles. The molecule has 0 N–H and O–H groups in total. The molecule has 1 aromatic rings. The number of hydrogen-bond acceptors (Lipinski definition) is 0. The molecule has 1 aromatic carbocycles. The molecule has 0 saturated carbocycles. The van der Waals surface area contributed by atoms with Crippen LogP contribution in [-0.4, -0.2) is 0 Å². The molecule has 0 aliphatic rings. The molecule has 0 radical (unpaired) electrons. The first-order valence-corrected chi connectivity index (χ1v) is 5.00. The van der Waals surface area contributed by atoms with Crippen LogP contribution in [0.1, 0.15) is 37.3 Å². The van der Waals surface area contributed by atoms with Crippen molar-refractivity contribution in [1.82, 2.24) is 0 Å². The highest BCUT2D eigenvalue weighted by Gasteiger charge is 1.94. The fourth-order valence-electron chi connectivity index (χ4n) is 1.37. The van der Waals surface area contributed by atoms with Crippen molar-refractivity contribution in [2.75, 3.05) is 0 Å². The Kier molecular flexibility index (Phi) is 4.52. The van der Waals surface area contributed by atoms with Gasteiger partial charge in [-0.3, -0.25) is 0 Å². The minimum absolute atomic E-state index is 0.352. The van der Waals surface area contributed by atoms with Crippen molar-refractivity contribution < 1.29 is 4.39 Å². The summed E-state index contributed by atoms with van der Waals surface area (Å²) >= 11 is 0. The Morgan fingerprint density at radius 3 is 2.15 bits per heavy atom. The molecule has 0 nitrogen and oxygen atoms in total. The molecule has 0 aliphatic heterocycles. The van der Waals surface area contributed by atoms with Crippen molar-refractivity contribution in [2.24, 2.45) is 0 Å². The van der Waals surface area contributed by atoms with Crippen LogP contribution in [0.2, 0.25) is 0 Å². The van der Waals surface area contributed by atoms with Crippen molar-refractivity contribution >= 4 is 0 Å². The molecule has 13 heavy (non-hydrogen) atoms. The molecule has 0 aliphatic carbocycles. The average Bonchev–Trinajstić information content (AvgIpc) is 2.19. The van der Waals surface area contributed by atoms with E-state index < -0.39 is 0 Å². The SMILES string of the molecule is CCCCCc1ccc(CF)cc1. The largest absolute Gasteiger partial charge is 0.246 e. The second kappa shape index (κ2) is 5.74. The summed E-state index contributed by atoms with van der Waals surface area (Å²) in [6.45, 7) is 1.85. The highest BCUT2D eigenvalue weighted by Crippen LogP contribution is 2.09. The van der Waals surface area contributed by atoms with Gasteiger partial charge in [-0.2, -0.15) is 0 Å². The average molecular weight is 180 g/mol. The number of halogens is 1. The predicted octanol–water partition coefficient (Wildman–Crippen LogP) is 3.89. The van der Waals surface area contributed by atoms with Crippen molar-refractivity contribution in [3.8, 4) is 0 Å². The van der Waals surface area contributed by atoms with Crippen molar-refractivity contribution in [3.63, 3.8) is 0 Å². The number of hydrogen-bond donors (Lipinski definition) is 0. The molecular formula is C12H17F. The van der Waals surface area contributed by atoms with Crippen LogP contribution in [0, 0.1) is 0 Å². The van der Waals surface area contributed by atoms with E-state index in [0.717, 1.165) is 12.0 Å². The monoisotopic (exact) mass is 180 g/mol. The first kappa shape index (κ1) is 10.2. The zero-order valence-electron chi connectivity index (χ0n) is 8.22. The van der Waals surface area contributed by atoms with Gasteiger partial charge >= 0.3 is 0 Å². The summed E-state index contributed by atoms with van der Waals surface area (Å²) < 4.78 is 12.2. The number of alkyl halides is 1. The fraction of sp³-hybridized carbons (Fsp3) is 0.500. The van der Waals surface area contributed by atoms with E-state index in [4.69, 9.17) is 0 Å². The standard InChI is InChI=1S/C12H17F/c1-2-3-4-5-11-6-8-12(10-13)9-7-11/h6-9H,2-5,10H2,1H3. The van der Waals surface area contributed by atoms with E-state index >= 15 is 0 Å². The topological polar surface area (TPSA) is 0 Å². The van der Waals surface area contributed by atoms with Crippen LogP contribution in [0.3, 0.4) is 0 Å². The molecular weight excluding hydrogens is 163 g/mol. The molecule has 0 unspecified atom stereocenters. The summed E-state index contributed by atoms with van der Waals surface area (Å²) in [4.78, 5) is 0. The van der Waals surface area contributed by atoms with E-state index in [-0.39, 0.29) is 6.67 Å². The lowest BCUT2D eigenvalue weighted by Crippen LogP contribution is -1.86. The number of unbranched alkanes of at least 4 members (excludes halogenated alkanes) is 2. The molecule has 0 atom stereocenters. The Bertz CT molecular complexity index is 225. The Labute approximate surface area is 79.8 Å². The zero-order valence-corrected chi connectivity index (χ0v) is 8.22. The second-order valence-corrected chi connectivity index (χ2v) is 3.41. The third-order valence-electron chi connectivity index (χ3n) is 2.25. The Balaban J connectivity index is 2.40. The van der Waals surface area contributed by atoms with E-state index in [0.29, 0.717) is 0 Å². The van der Waals surface area contributed by atoms with E-state index in [1.54, 1.807) is 0 Å². The minimum atomic E-state index is -0.352. The molecule has 0 spiro atoms. The maximum absolute atomic E-state index is 12.2. The normalized spacial score (nSPS) is 10.3. The van der Waals surface area contributed by atoms with Crippen LogP contribution in [0.15, 0.2) is 24.3 Å². The minimum Gasteiger partial charge on any atom is -0.246 e. The molecule has 1 rings (SSSR count). The molecule has 0 saturated heterocycles.